The Labute approximate surface area is 118 Å². The first-order valence-corrected chi connectivity index (χ1v) is 6.13. The van der Waals surface area contributed by atoms with Crippen LogP contribution in [-0.4, -0.2) is 9.97 Å². The quantitative estimate of drug-likeness (QED) is 0.785. The molecule has 6 heteroatoms. The zero-order valence-corrected chi connectivity index (χ0v) is 11.0. The zero-order valence-electron chi connectivity index (χ0n) is 10.2. The first-order chi connectivity index (χ1) is 9.45. The normalized spacial score (nSPS) is 12.0. The van der Waals surface area contributed by atoms with E-state index in [1.807, 2.05) is 0 Å². The molecule has 0 amide bonds. The summed E-state index contributed by atoms with van der Waals surface area (Å²) in [6, 6.07) is 5.42. The molecule has 2 heterocycles. The van der Waals surface area contributed by atoms with Crippen LogP contribution in [0.15, 0.2) is 42.7 Å². The Morgan fingerprint density at radius 2 is 1.85 bits per heavy atom. The van der Waals surface area contributed by atoms with Crippen LogP contribution < -0.4 is 0 Å². The Morgan fingerprint density at radius 3 is 2.55 bits per heavy atom. The number of alkyl halides is 3. The van der Waals surface area contributed by atoms with E-state index in [1.165, 1.54) is 0 Å². The molecular weight excluding hydrogens is 289 g/mol. The molecular formula is C14H10ClF3N2. The highest BCUT2D eigenvalue weighted by molar-refractivity contribution is 6.29. The summed E-state index contributed by atoms with van der Waals surface area (Å²) in [7, 11) is 0. The largest absolute Gasteiger partial charge is 0.416 e. The van der Waals surface area contributed by atoms with Gasteiger partial charge in [0.15, 0.2) is 0 Å². The second kappa shape index (κ2) is 6.05. The summed E-state index contributed by atoms with van der Waals surface area (Å²) < 4.78 is 37.6. The van der Waals surface area contributed by atoms with Gasteiger partial charge in [-0.1, -0.05) is 23.8 Å². The number of pyridine rings is 2. The molecule has 0 fully saturated rings. The summed E-state index contributed by atoms with van der Waals surface area (Å²) >= 11 is 5.73. The minimum Gasteiger partial charge on any atom is -0.261 e. The van der Waals surface area contributed by atoms with E-state index in [-0.39, 0.29) is 0 Å². The van der Waals surface area contributed by atoms with Gasteiger partial charge in [-0.05, 0) is 29.8 Å². The van der Waals surface area contributed by atoms with Crippen LogP contribution in [-0.2, 0) is 12.6 Å². The maximum atomic E-state index is 12.5. The van der Waals surface area contributed by atoms with E-state index >= 15 is 0 Å². The fourth-order valence-electron chi connectivity index (χ4n) is 1.60. The molecule has 0 spiro atoms. The molecule has 0 atom stereocenters. The lowest BCUT2D eigenvalue weighted by molar-refractivity contribution is -0.137. The lowest BCUT2D eigenvalue weighted by atomic mass is 10.1. The van der Waals surface area contributed by atoms with Crippen molar-refractivity contribution in [3.63, 3.8) is 0 Å². The highest BCUT2D eigenvalue weighted by Crippen LogP contribution is 2.29. The summed E-state index contributed by atoms with van der Waals surface area (Å²) in [6.45, 7) is 0. The molecule has 2 nitrogen and oxygen atoms in total. The molecule has 0 unspecified atom stereocenters. The topological polar surface area (TPSA) is 25.8 Å². The number of allylic oxidation sites excluding steroid dienone is 1. The van der Waals surface area contributed by atoms with Crippen LogP contribution in [0.2, 0.25) is 5.15 Å². The molecule has 0 saturated heterocycles. The molecule has 20 heavy (non-hydrogen) atoms. The van der Waals surface area contributed by atoms with Gasteiger partial charge in [0.1, 0.15) is 5.15 Å². The van der Waals surface area contributed by atoms with Gasteiger partial charge in [0.05, 0.1) is 5.56 Å². The smallest absolute Gasteiger partial charge is 0.261 e. The Kier molecular flexibility index (Phi) is 4.39. The average molecular weight is 299 g/mol. The van der Waals surface area contributed by atoms with Crippen LogP contribution in [0.3, 0.4) is 0 Å². The van der Waals surface area contributed by atoms with Gasteiger partial charge in [-0.25, -0.2) is 4.98 Å². The van der Waals surface area contributed by atoms with Gasteiger partial charge in [-0.15, -0.1) is 0 Å². The second-order valence-corrected chi connectivity index (χ2v) is 4.44. The minimum absolute atomic E-state index is 0.309. The minimum atomic E-state index is -4.35. The average Bonchev–Trinajstić information content (AvgIpc) is 2.38. The van der Waals surface area contributed by atoms with Crippen LogP contribution in [0.4, 0.5) is 13.2 Å². The Morgan fingerprint density at radius 1 is 1.10 bits per heavy atom. The molecule has 0 N–H and O–H groups in total. The van der Waals surface area contributed by atoms with Gasteiger partial charge in [-0.2, -0.15) is 13.2 Å². The molecule has 0 aliphatic carbocycles. The molecule has 2 aromatic heterocycles. The number of aromatic nitrogens is 2. The Hall–Kier alpha value is -1.88. The van der Waals surface area contributed by atoms with E-state index < -0.39 is 11.7 Å². The van der Waals surface area contributed by atoms with Crippen molar-refractivity contribution in [3.8, 4) is 0 Å². The lowest BCUT2D eigenvalue weighted by Gasteiger charge is -2.06. The molecule has 0 aromatic carbocycles. The Bertz CT molecular complexity index is 624. The van der Waals surface area contributed by atoms with Crippen molar-refractivity contribution >= 4 is 17.7 Å². The summed E-state index contributed by atoms with van der Waals surface area (Å²) in [6.07, 6.45) is 2.17. The Balaban J connectivity index is 2.08. The molecule has 2 rings (SSSR count). The number of nitrogens with zero attached hydrogens (tertiary/aromatic N) is 2. The zero-order chi connectivity index (χ0) is 14.6. The fraction of sp³-hybridized carbons (Fsp3) is 0.143. The van der Waals surface area contributed by atoms with E-state index in [0.29, 0.717) is 17.3 Å². The molecule has 0 aliphatic heterocycles. The lowest BCUT2D eigenvalue weighted by Crippen LogP contribution is -2.05. The van der Waals surface area contributed by atoms with Crippen LogP contribution in [0.25, 0.3) is 6.08 Å². The van der Waals surface area contributed by atoms with Gasteiger partial charge >= 0.3 is 6.18 Å². The molecule has 0 bridgehead atoms. The van der Waals surface area contributed by atoms with E-state index in [0.717, 1.165) is 23.9 Å². The van der Waals surface area contributed by atoms with Crippen LogP contribution in [0, 0.1) is 0 Å². The third kappa shape index (κ3) is 4.06. The predicted octanol–water partition coefficient (Wildman–Crippen LogP) is 4.40. The highest BCUT2D eigenvalue weighted by Gasteiger charge is 2.30. The SMILES string of the molecule is FC(F)(F)c1ccnc(CC=Cc2ccnc(Cl)c2)c1. The van der Waals surface area contributed by atoms with E-state index in [1.54, 1.807) is 30.5 Å². The van der Waals surface area contributed by atoms with Crippen molar-refractivity contribution in [2.45, 2.75) is 12.6 Å². The van der Waals surface area contributed by atoms with Crippen molar-refractivity contribution in [2.75, 3.05) is 0 Å². The van der Waals surface area contributed by atoms with Crippen LogP contribution >= 0.6 is 11.6 Å². The van der Waals surface area contributed by atoms with Crippen LogP contribution in [0.5, 0.6) is 0 Å². The summed E-state index contributed by atoms with van der Waals surface area (Å²) in [5.74, 6) is 0. The molecule has 104 valence electrons. The van der Waals surface area contributed by atoms with Crippen molar-refractivity contribution < 1.29 is 13.2 Å². The van der Waals surface area contributed by atoms with Gasteiger partial charge in [-0.3, -0.25) is 4.98 Å². The van der Waals surface area contributed by atoms with E-state index in [4.69, 9.17) is 11.6 Å². The van der Waals surface area contributed by atoms with Crippen molar-refractivity contribution in [3.05, 3.63) is 64.7 Å². The van der Waals surface area contributed by atoms with Gasteiger partial charge in [0.25, 0.3) is 0 Å². The van der Waals surface area contributed by atoms with Crippen LogP contribution in [0.1, 0.15) is 16.8 Å². The third-order valence-corrected chi connectivity index (χ3v) is 2.74. The van der Waals surface area contributed by atoms with Gasteiger partial charge < -0.3 is 0 Å². The monoisotopic (exact) mass is 298 g/mol. The van der Waals surface area contributed by atoms with Gasteiger partial charge in [0, 0.05) is 24.5 Å². The highest BCUT2D eigenvalue weighted by atomic mass is 35.5. The van der Waals surface area contributed by atoms with E-state index in [9.17, 15) is 13.2 Å². The molecule has 0 aliphatic rings. The first kappa shape index (κ1) is 14.5. The number of hydrogen-bond acceptors (Lipinski definition) is 2. The van der Waals surface area contributed by atoms with E-state index in [2.05, 4.69) is 9.97 Å². The molecule has 0 saturated carbocycles. The van der Waals surface area contributed by atoms with Crippen molar-refractivity contribution in [1.82, 2.24) is 9.97 Å². The summed E-state index contributed by atoms with van der Waals surface area (Å²) in [4.78, 5) is 7.75. The first-order valence-electron chi connectivity index (χ1n) is 5.75. The fourth-order valence-corrected chi connectivity index (χ4v) is 1.79. The standard InChI is InChI=1S/C14H10ClF3N2/c15-13-8-10(4-6-20-13)2-1-3-12-9-11(5-7-19-12)14(16,17)18/h1-2,4-9H,3H2. The second-order valence-electron chi connectivity index (χ2n) is 4.05. The third-order valence-electron chi connectivity index (χ3n) is 2.53. The van der Waals surface area contributed by atoms with Crippen molar-refractivity contribution in [2.24, 2.45) is 0 Å². The predicted molar refractivity (Wildman–Crippen MR) is 71.2 cm³/mol. The summed E-state index contributed by atoms with van der Waals surface area (Å²) in [5, 5.41) is 0.365. The number of hydrogen-bond donors (Lipinski definition) is 0. The summed E-state index contributed by atoms with van der Waals surface area (Å²) in [5.41, 5.74) is 0.496. The van der Waals surface area contributed by atoms with Crippen molar-refractivity contribution in [1.29, 1.82) is 0 Å². The maximum Gasteiger partial charge on any atom is 0.416 e. The molecule has 0 radical (unpaired) electrons. The maximum absolute atomic E-state index is 12.5. The number of rotatable bonds is 3. The van der Waals surface area contributed by atoms with Gasteiger partial charge in [0.2, 0.25) is 0 Å². The number of halogens is 4. The molecule has 2 aromatic rings.